The summed E-state index contributed by atoms with van der Waals surface area (Å²) in [5.41, 5.74) is 0.999. The standard InChI is InChI=1S/C20H24N4O6.C3H8/c1-29-16-5-3-4-13-12(16)9-14(23-13)19(27)22-10-17(25)24-15(20(28)30-2)8-11-6-7-21-18(11)26;1-3-2/h3-5,9,11,15,23H,6-8,10H2,1-2H3,(H,21,26)(H,22,27)(H,24,25);3H2,1-2H3. The zero-order chi connectivity index (χ0) is 24.4. The summed E-state index contributed by atoms with van der Waals surface area (Å²) in [7, 11) is 2.75. The van der Waals surface area contributed by atoms with Crippen LogP contribution < -0.4 is 20.7 Å². The van der Waals surface area contributed by atoms with E-state index in [4.69, 9.17) is 9.47 Å². The van der Waals surface area contributed by atoms with Crippen molar-refractivity contribution in [3.05, 3.63) is 30.0 Å². The normalized spacial score (nSPS) is 15.6. The lowest BCUT2D eigenvalue weighted by molar-refractivity contribution is -0.145. The highest BCUT2D eigenvalue weighted by Gasteiger charge is 2.31. The van der Waals surface area contributed by atoms with Gasteiger partial charge in [-0.2, -0.15) is 0 Å². The maximum absolute atomic E-state index is 12.4. The molecule has 3 rings (SSSR count). The summed E-state index contributed by atoms with van der Waals surface area (Å²) in [4.78, 5) is 51.4. The van der Waals surface area contributed by atoms with Crippen LogP contribution in [0.3, 0.4) is 0 Å². The molecule has 33 heavy (non-hydrogen) atoms. The van der Waals surface area contributed by atoms with Gasteiger partial charge in [-0.15, -0.1) is 0 Å². The number of fused-ring (bicyclic) bond motifs is 1. The van der Waals surface area contributed by atoms with Gasteiger partial charge in [0.15, 0.2) is 0 Å². The average molecular weight is 461 g/mol. The van der Waals surface area contributed by atoms with Crippen LogP contribution in [0.5, 0.6) is 5.75 Å². The Balaban J connectivity index is 0.00000122. The second kappa shape index (κ2) is 12.5. The lowest BCUT2D eigenvalue weighted by atomic mass is 9.98. The summed E-state index contributed by atoms with van der Waals surface area (Å²) in [5.74, 6) is -1.58. The molecule has 2 unspecified atom stereocenters. The lowest BCUT2D eigenvalue weighted by Crippen LogP contribution is -2.47. The topological polar surface area (TPSA) is 139 Å². The number of hydrogen-bond acceptors (Lipinski definition) is 6. The molecule has 0 saturated carbocycles. The molecule has 1 saturated heterocycles. The van der Waals surface area contributed by atoms with E-state index in [0.717, 1.165) is 10.9 Å². The third-order valence-corrected chi connectivity index (χ3v) is 5.00. The van der Waals surface area contributed by atoms with Gasteiger partial charge in [0.25, 0.3) is 5.91 Å². The molecule has 3 amide bonds. The molecule has 2 atom stereocenters. The first-order valence-corrected chi connectivity index (χ1v) is 10.9. The van der Waals surface area contributed by atoms with Crippen LogP contribution in [0.25, 0.3) is 10.9 Å². The zero-order valence-electron chi connectivity index (χ0n) is 19.4. The molecule has 1 fully saturated rings. The second-order valence-corrected chi connectivity index (χ2v) is 7.65. The summed E-state index contributed by atoms with van der Waals surface area (Å²) in [5, 5.41) is 8.47. The van der Waals surface area contributed by atoms with Gasteiger partial charge in [-0.1, -0.05) is 26.3 Å². The second-order valence-electron chi connectivity index (χ2n) is 7.65. The number of methoxy groups -OCH3 is 2. The van der Waals surface area contributed by atoms with Crippen molar-refractivity contribution >= 4 is 34.6 Å². The Labute approximate surface area is 192 Å². The Kier molecular flexibility index (Phi) is 9.71. The molecule has 10 heteroatoms. The molecule has 1 aliphatic heterocycles. The minimum Gasteiger partial charge on any atom is -0.496 e. The van der Waals surface area contributed by atoms with Crippen molar-refractivity contribution in [3.63, 3.8) is 0 Å². The Hall–Kier alpha value is -3.56. The van der Waals surface area contributed by atoms with Crippen LogP contribution in [-0.2, 0) is 19.1 Å². The van der Waals surface area contributed by atoms with Crippen molar-refractivity contribution in [1.29, 1.82) is 0 Å². The summed E-state index contributed by atoms with van der Waals surface area (Å²) in [6.07, 6.45) is 1.97. The molecule has 0 aliphatic carbocycles. The van der Waals surface area contributed by atoms with E-state index in [1.165, 1.54) is 13.5 Å². The van der Waals surface area contributed by atoms with Gasteiger partial charge in [0, 0.05) is 23.4 Å². The van der Waals surface area contributed by atoms with Crippen molar-refractivity contribution in [2.24, 2.45) is 5.92 Å². The van der Waals surface area contributed by atoms with Gasteiger partial charge in [-0.25, -0.2) is 4.79 Å². The number of amides is 3. The average Bonchev–Trinajstić information content (AvgIpc) is 3.43. The molecule has 1 aromatic carbocycles. The van der Waals surface area contributed by atoms with Gasteiger partial charge in [0.05, 0.1) is 20.8 Å². The highest BCUT2D eigenvalue weighted by atomic mass is 16.5. The van der Waals surface area contributed by atoms with Crippen LogP contribution in [0.4, 0.5) is 0 Å². The molecule has 2 heterocycles. The Morgan fingerprint density at radius 2 is 1.94 bits per heavy atom. The number of H-pyrrole nitrogens is 1. The summed E-state index contributed by atoms with van der Waals surface area (Å²) >= 11 is 0. The zero-order valence-corrected chi connectivity index (χ0v) is 19.4. The minimum absolute atomic E-state index is 0.139. The fraction of sp³-hybridized carbons (Fsp3) is 0.478. The maximum atomic E-state index is 12.4. The predicted octanol–water partition coefficient (Wildman–Crippen LogP) is 1.51. The van der Waals surface area contributed by atoms with E-state index in [9.17, 15) is 19.2 Å². The number of aromatic nitrogens is 1. The van der Waals surface area contributed by atoms with E-state index >= 15 is 0 Å². The number of carbonyl (C=O) groups excluding carboxylic acids is 4. The molecular weight excluding hydrogens is 428 g/mol. The number of benzene rings is 1. The van der Waals surface area contributed by atoms with Crippen LogP contribution in [0.2, 0.25) is 0 Å². The first kappa shape index (κ1) is 25.7. The Bertz CT molecular complexity index is 986. The number of esters is 1. The lowest BCUT2D eigenvalue weighted by Gasteiger charge is -2.18. The highest BCUT2D eigenvalue weighted by Crippen LogP contribution is 2.25. The third-order valence-electron chi connectivity index (χ3n) is 5.00. The van der Waals surface area contributed by atoms with Gasteiger partial charge >= 0.3 is 5.97 Å². The third kappa shape index (κ3) is 6.96. The van der Waals surface area contributed by atoms with Crippen molar-refractivity contribution in [1.82, 2.24) is 20.9 Å². The van der Waals surface area contributed by atoms with E-state index < -0.39 is 23.8 Å². The quantitative estimate of drug-likeness (QED) is 0.441. The fourth-order valence-corrected chi connectivity index (χ4v) is 3.44. The molecule has 4 N–H and O–H groups in total. The molecule has 10 nitrogen and oxygen atoms in total. The highest BCUT2D eigenvalue weighted by molar-refractivity contribution is 6.01. The largest absolute Gasteiger partial charge is 0.496 e. The molecule has 180 valence electrons. The first-order chi connectivity index (χ1) is 15.8. The van der Waals surface area contributed by atoms with Crippen LogP contribution in [-0.4, -0.2) is 62.0 Å². The number of aromatic amines is 1. The molecule has 1 aromatic heterocycles. The SMILES string of the molecule is CCC.COC(=O)C(CC1CCNC1=O)NC(=O)CNC(=O)c1cc2c(OC)cccc2[nH]1. The van der Waals surface area contributed by atoms with E-state index in [1.807, 2.05) is 6.07 Å². The smallest absolute Gasteiger partial charge is 0.328 e. The molecule has 0 bridgehead atoms. The van der Waals surface area contributed by atoms with Crippen LogP contribution in [0.15, 0.2) is 24.3 Å². The van der Waals surface area contributed by atoms with Crippen molar-refractivity contribution in [3.8, 4) is 5.75 Å². The van der Waals surface area contributed by atoms with Crippen molar-refractivity contribution in [2.45, 2.75) is 39.2 Å². The number of rotatable bonds is 8. The molecule has 2 aromatic rings. The van der Waals surface area contributed by atoms with Gasteiger partial charge in [0.2, 0.25) is 11.8 Å². The van der Waals surface area contributed by atoms with Crippen molar-refractivity contribution in [2.75, 3.05) is 27.3 Å². The first-order valence-electron chi connectivity index (χ1n) is 10.9. The minimum atomic E-state index is -0.967. The number of nitrogens with one attached hydrogen (secondary N) is 4. The van der Waals surface area contributed by atoms with Gasteiger partial charge in [0.1, 0.15) is 17.5 Å². The predicted molar refractivity (Wildman–Crippen MR) is 123 cm³/mol. The monoisotopic (exact) mass is 460 g/mol. The van der Waals surface area contributed by atoms with Crippen molar-refractivity contribution < 1.29 is 28.7 Å². The Morgan fingerprint density at radius 3 is 2.55 bits per heavy atom. The van der Waals surface area contributed by atoms with Gasteiger partial charge in [-0.3, -0.25) is 14.4 Å². The molecular formula is C23H32N4O6. The number of hydrogen-bond donors (Lipinski definition) is 4. The fourth-order valence-electron chi connectivity index (χ4n) is 3.44. The number of carbonyl (C=O) groups is 4. The van der Waals surface area contributed by atoms with E-state index in [-0.39, 0.29) is 30.5 Å². The van der Waals surface area contributed by atoms with E-state index in [2.05, 4.69) is 34.8 Å². The summed E-state index contributed by atoms with van der Waals surface area (Å²) in [6.45, 7) is 4.45. The Morgan fingerprint density at radius 1 is 1.21 bits per heavy atom. The molecule has 1 aliphatic rings. The van der Waals surface area contributed by atoms with E-state index in [1.54, 1.807) is 25.3 Å². The maximum Gasteiger partial charge on any atom is 0.328 e. The molecule has 0 spiro atoms. The van der Waals surface area contributed by atoms with Crippen LogP contribution in [0, 0.1) is 5.92 Å². The summed E-state index contributed by atoms with van der Waals surface area (Å²) < 4.78 is 9.99. The van der Waals surface area contributed by atoms with Gasteiger partial charge < -0.3 is 30.4 Å². The van der Waals surface area contributed by atoms with E-state index in [0.29, 0.717) is 18.7 Å². The van der Waals surface area contributed by atoms with Gasteiger partial charge in [-0.05, 0) is 31.0 Å². The van der Waals surface area contributed by atoms with Crippen LogP contribution >= 0.6 is 0 Å². The summed E-state index contributed by atoms with van der Waals surface area (Å²) in [6, 6.07) is 6.05. The number of ether oxygens (including phenoxy) is 2. The molecule has 0 radical (unpaired) electrons. The van der Waals surface area contributed by atoms with Crippen LogP contribution in [0.1, 0.15) is 43.6 Å².